The van der Waals surface area contributed by atoms with Crippen LogP contribution in [-0.4, -0.2) is 46.1 Å². The Balaban J connectivity index is 1.45. The molecule has 30 heavy (non-hydrogen) atoms. The minimum absolute atomic E-state index is 0.201. The number of imide groups is 1. The summed E-state index contributed by atoms with van der Waals surface area (Å²) in [4.78, 5) is 37.7. The summed E-state index contributed by atoms with van der Waals surface area (Å²) < 4.78 is 7.45. The Hall–Kier alpha value is -2.83. The first-order valence-corrected chi connectivity index (χ1v) is 10.6. The van der Waals surface area contributed by atoms with Crippen molar-refractivity contribution in [2.24, 2.45) is 0 Å². The molecule has 160 valence electrons. The van der Waals surface area contributed by atoms with E-state index in [0.29, 0.717) is 31.8 Å². The number of aromatic nitrogens is 1. The molecular weight excluding hydrogens is 382 g/mol. The van der Waals surface area contributed by atoms with Crippen molar-refractivity contribution in [2.45, 2.75) is 64.0 Å². The first-order valence-electron chi connectivity index (χ1n) is 10.6. The lowest BCUT2D eigenvalue weighted by Gasteiger charge is -2.33. The largest absolute Gasteiger partial charge is 0.444 e. The van der Waals surface area contributed by atoms with Gasteiger partial charge in [-0.3, -0.25) is 14.9 Å². The van der Waals surface area contributed by atoms with E-state index in [9.17, 15) is 14.4 Å². The highest BCUT2D eigenvalue weighted by atomic mass is 16.6. The molecule has 2 aromatic rings. The standard InChI is InChI=1S/C23H29N3O4/c1-23(2,3)30-22(29)25-11-8-15(9-12-25)16-4-5-18-17(14-16)10-13-26(18)19-6-7-20(27)24-21(19)28/h4-5,10,13-15,19H,6-9,11-12H2,1-3H3,(H,24,27,28). The predicted octanol–water partition coefficient (Wildman–Crippen LogP) is 3.73. The van der Waals surface area contributed by atoms with Gasteiger partial charge < -0.3 is 14.2 Å². The zero-order chi connectivity index (χ0) is 21.5. The zero-order valence-electron chi connectivity index (χ0n) is 17.8. The highest BCUT2D eigenvalue weighted by molar-refractivity contribution is 6.00. The second kappa shape index (κ2) is 7.78. The number of carbonyl (C=O) groups is 3. The summed E-state index contributed by atoms with van der Waals surface area (Å²) in [6.45, 7) is 7.03. The molecule has 1 N–H and O–H groups in total. The topological polar surface area (TPSA) is 80.6 Å². The Labute approximate surface area is 176 Å². The molecule has 1 aromatic heterocycles. The maximum atomic E-state index is 12.3. The van der Waals surface area contributed by atoms with Crippen molar-refractivity contribution in [2.75, 3.05) is 13.1 Å². The second-order valence-corrected chi connectivity index (χ2v) is 9.25. The van der Waals surface area contributed by atoms with Crippen LogP contribution in [0.2, 0.25) is 0 Å². The summed E-state index contributed by atoms with van der Waals surface area (Å²) in [6, 6.07) is 8.06. The van der Waals surface area contributed by atoms with E-state index in [1.807, 2.05) is 37.6 Å². The minimum atomic E-state index is -0.478. The maximum absolute atomic E-state index is 12.3. The number of rotatable bonds is 2. The van der Waals surface area contributed by atoms with Crippen LogP contribution in [0.3, 0.4) is 0 Å². The molecule has 7 heteroatoms. The zero-order valence-corrected chi connectivity index (χ0v) is 17.8. The third-order valence-corrected chi connectivity index (χ3v) is 5.91. The molecule has 3 amide bonds. The minimum Gasteiger partial charge on any atom is -0.444 e. The van der Waals surface area contributed by atoms with Gasteiger partial charge in [0.2, 0.25) is 11.8 Å². The average molecular weight is 412 g/mol. The lowest BCUT2D eigenvalue weighted by Crippen LogP contribution is -2.41. The molecule has 1 atom stereocenters. The number of likely N-dealkylation sites (tertiary alicyclic amines) is 1. The van der Waals surface area contributed by atoms with Crippen LogP contribution in [0.25, 0.3) is 10.9 Å². The Morgan fingerprint density at radius 1 is 1.10 bits per heavy atom. The number of hydrogen-bond acceptors (Lipinski definition) is 4. The first-order chi connectivity index (χ1) is 14.2. The van der Waals surface area contributed by atoms with E-state index in [-0.39, 0.29) is 23.9 Å². The van der Waals surface area contributed by atoms with Crippen molar-refractivity contribution in [1.29, 1.82) is 0 Å². The van der Waals surface area contributed by atoms with E-state index in [1.165, 1.54) is 5.56 Å². The molecule has 0 radical (unpaired) electrons. The molecule has 1 aromatic carbocycles. The molecule has 2 aliphatic rings. The molecule has 0 saturated carbocycles. The number of hydrogen-bond donors (Lipinski definition) is 1. The smallest absolute Gasteiger partial charge is 0.410 e. The molecule has 2 saturated heterocycles. The number of fused-ring (bicyclic) bond motifs is 1. The fourth-order valence-electron chi connectivity index (χ4n) is 4.38. The van der Waals surface area contributed by atoms with Gasteiger partial charge in [-0.1, -0.05) is 6.07 Å². The maximum Gasteiger partial charge on any atom is 0.410 e. The predicted molar refractivity (Wildman–Crippen MR) is 113 cm³/mol. The number of nitrogens with zero attached hydrogens (tertiary/aromatic N) is 2. The molecular formula is C23H29N3O4. The van der Waals surface area contributed by atoms with Crippen molar-refractivity contribution < 1.29 is 19.1 Å². The molecule has 0 aliphatic carbocycles. The van der Waals surface area contributed by atoms with E-state index in [2.05, 4.69) is 23.5 Å². The highest BCUT2D eigenvalue weighted by Gasteiger charge is 2.30. The molecule has 0 spiro atoms. The van der Waals surface area contributed by atoms with Crippen molar-refractivity contribution in [3.63, 3.8) is 0 Å². The van der Waals surface area contributed by atoms with Gasteiger partial charge in [-0.15, -0.1) is 0 Å². The van der Waals surface area contributed by atoms with Crippen molar-refractivity contribution in [3.8, 4) is 0 Å². The van der Waals surface area contributed by atoms with Gasteiger partial charge in [-0.2, -0.15) is 0 Å². The summed E-state index contributed by atoms with van der Waals surface area (Å²) in [6.07, 6.45) is 4.39. The summed E-state index contributed by atoms with van der Waals surface area (Å²) in [7, 11) is 0. The van der Waals surface area contributed by atoms with Crippen LogP contribution in [0.1, 0.15) is 64.0 Å². The third-order valence-electron chi connectivity index (χ3n) is 5.91. The first kappa shape index (κ1) is 20.4. The SMILES string of the molecule is CC(C)(C)OC(=O)N1CCC(c2ccc3c(ccn3C3CCC(=O)NC3=O)c2)CC1. The molecule has 7 nitrogen and oxygen atoms in total. The summed E-state index contributed by atoms with van der Waals surface area (Å²) in [5.74, 6) is -0.0397. The van der Waals surface area contributed by atoms with Gasteiger partial charge >= 0.3 is 6.09 Å². The quantitative estimate of drug-likeness (QED) is 0.764. The second-order valence-electron chi connectivity index (χ2n) is 9.25. The normalized spacial score (nSPS) is 21.0. The summed E-state index contributed by atoms with van der Waals surface area (Å²) in [5, 5.41) is 3.52. The van der Waals surface area contributed by atoms with Gasteiger partial charge in [0, 0.05) is 31.2 Å². The molecule has 2 aliphatic heterocycles. The number of amides is 3. The van der Waals surface area contributed by atoms with Crippen LogP contribution in [0, 0.1) is 0 Å². The third kappa shape index (κ3) is 4.20. The molecule has 0 bridgehead atoms. The van der Waals surface area contributed by atoms with Crippen LogP contribution in [0.15, 0.2) is 30.5 Å². The van der Waals surface area contributed by atoms with Crippen molar-refractivity contribution >= 4 is 28.8 Å². The van der Waals surface area contributed by atoms with E-state index >= 15 is 0 Å². The van der Waals surface area contributed by atoms with Crippen LogP contribution >= 0.6 is 0 Å². The van der Waals surface area contributed by atoms with Crippen LogP contribution in [0.5, 0.6) is 0 Å². The van der Waals surface area contributed by atoms with Gasteiger partial charge in [0.1, 0.15) is 11.6 Å². The van der Waals surface area contributed by atoms with Gasteiger partial charge in [-0.25, -0.2) is 4.79 Å². The Morgan fingerprint density at radius 3 is 2.50 bits per heavy atom. The monoisotopic (exact) mass is 411 g/mol. The molecule has 2 fully saturated rings. The Morgan fingerprint density at radius 2 is 1.83 bits per heavy atom. The number of benzene rings is 1. The Bertz CT molecular complexity index is 980. The van der Waals surface area contributed by atoms with E-state index in [4.69, 9.17) is 4.74 Å². The molecule has 3 heterocycles. The van der Waals surface area contributed by atoms with Crippen molar-refractivity contribution in [1.82, 2.24) is 14.8 Å². The number of nitrogens with one attached hydrogen (secondary N) is 1. The molecule has 4 rings (SSSR count). The van der Waals surface area contributed by atoms with Gasteiger partial charge in [0.25, 0.3) is 0 Å². The fourth-order valence-corrected chi connectivity index (χ4v) is 4.38. The van der Waals surface area contributed by atoms with Crippen LogP contribution in [0.4, 0.5) is 4.79 Å². The average Bonchev–Trinajstić information content (AvgIpc) is 3.10. The molecule has 1 unspecified atom stereocenters. The Kier molecular flexibility index (Phi) is 5.30. The number of ether oxygens (including phenoxy) is 1. The number of carbonyl (C=O) groups excluding carboxylic acids is 3. The van der Waals surface area contributed by atoms with Gasteiger partial charge in [-0.05, 0) is 75.1 Å². The van der Waals surface area contributed by atoms with Gasteiger partial charge in [0.15, 0.2) is 0 Å². The summed E-state index contributed by atoms with van der Waals surface area (Å²) in [5.41, 5.74) is 1.78. The summed E-state index contributed by atoms with van der Waals surface area (Å²) >= 11 is 0. The van der Waals surface area contributed by atoms with Gasteiger partial charge in [0.05, 0.1) is 0 Å². The van der Waals surface area contributed by atoms with Crippen molar-refractivity contribution in [3.05, 3.63) is 36.0 Å². The van der Waals surface area contributed by atoms with E-state index in [0.717, 1.165) is 23.7 Å². The van der Waals surface area contributed by atoms with Crippen LogP contribution < -0.4 is 5.32 Å². The highest BCUT2D eigenvalue weighted by Crippen LogP contribution is 2.32. The fraction of sp³-hybridized carbons (Fsp3) is 0.522. The van der Waals surface area contributed by atoms with E-state index < -0.39 is 5.60 Å². The lowest BCUT2D eigenvalue weighted by molar-refractivity contribution is -0.135. The number of piperidine rings is 2. The van der Waals surface area contributed by atoms with Crippen LogP contribution in [-0.2, 0) is 14.3 Å². The van der Waals surface area contributed by atoms with E-state index in [1.54, 1.807) is 4.90 Å². The lowest BCUT2D eigenvalue weighted by atomic mass is 9.89.